The monoisotopic (exact) mass is 305 g/mol. The molecule has 0 bridgehead atoms. The molecule has 0 aliphatic carbocycles. The van der Waals surface area contributed by atoms with Crippen molar-refractivity contribution in [1.29, 1.82) is 5.26 Å². The molecule has 1 fully saturated rings. The summed E-state index contributed by atoms with van der Waals surface area (Å²) >= 11 is 1.25. The molecule has 2 rings (SSSR count). The van der Waals surface area contributed by atoms with Crippen LogP contribution in [0.2, 0.25) is 0 Å². The fraction of sp³-hybridized carbons (Fsp3) is 0.533. The Morgan fingerprint density at radius 1 is 1.52 bits per heavy atom. The number of carbonyl (C=O) groups excluding carboxylic acids is 2. The van der Waals surface area contributed by atoms with Gasteiger partial charge in [-0.05, 0) is 39.7 Å². The zero-order valence-electron chi connectivity index (χ0n) is 12.5. The van der Waals surface area contributed by atoms with Crippen molar-refractivity contribution in [2.75, 3.05) is 6.54 Å². The second kappa shape index (κ2) is 5.86. The van der Waals surface area contributed by atoms with Crippen LogP contribution in [-0.2, 0) is 4.79 Å². The molecule has 1 aromatic rings. The number of nitrogens with one attached hydrogen (secondary N) is 1. The Morgan fingerprint density at radius 3 is 2.81 bits per heavy atom. The number of thiophene rings is 1. The van der Waals surface area contributed by atoms with E-state index < -0.39 is 5.54 Å². The van der Waals surface area contributed by atoms with Crippen LogP contribution in [0.1, 0.15) is 48.8 Å². The van der Waals surface area contributed by atoms with Gasteiger partial charge in [-0.3, -0.25) is 9.59 Å². The lowest BCUT2D eigenvalue weighted by atomic mass is 9.97. The van der Waals surface area contributed by atoms with E-state index in [1.54, 1.807) is 16.3 Å². The van der Waals surface area contributed by atoms with Crippen molar-refractivity contribution in [3.05, 3.63) is 21.9 Å². The van der Waals surface area contributed by atoms with E-state index in [4.69, 9.17) is 5.26 Å². The summed E-state index contributed by atoms with van der Waals surface area (Å²) in [6.07, 6.45) is 1.47. The molecule has 0 aromatic carbocycles. The van der Waals surface area contributed by atoms with Gasteiger partial charge in [0.25, 0.3) is 5.91 Å². The van der Waals surface area contributed by atoms with Crippen molar-refractivity contribution in [2.24, 2.45) is 0 Å². The van der Waals surface area contributed by atoms with Crippen molar-refractivity contribution in [3.8, 4) is 6.07 Å². The van der Waals surface area contributed by atoms with Gasteiger partial charge in [0, 0.05) is 18.0 Å². The summed E-state index contributed by atoms with van der Waals surface area (Å²) in [4.78, 5) is 27.2. The first kappa shape index (κ1) is 15.5. The SMILES string of the molecule is CC(C)NC(=O)C1(C)CCCN1C(=O)c1cc(C#N)cs1. The van der Waals surface area contributed by atoms with Crippen LogP contribution in [0.3, 0.4) is 0 Å². The maximum absolute atomic E-state index is 12.6. The van der Waals surface area contributed by atoms with Crippen LogP contribution < -0.4 is 5.32 Å². The van der Waals surface area contributed by atoms with Gasteiger partial charge in [0.05, 0.1) is 10.4 Å². The van der Waals surface area contributed by atoms with Gasteiger partial charge in [0.2, 0.25) is 5.91 Å². The second-order valence-electron chi connectivity index (χ2n) is 5.77. The molecule has 1 aliphatic heterocycles. The summed E-state index contributed by atoms with van der Waals surface area (Å²) in [6, 6.07) is 3.65. The number of carbonyl (C=O) groups is 2. The molecule has 2 amide bonds. The lowest BCUT2D eigenvalue weighted by molar-refractivity contribution is -0.130. The maximum Gasteiger partial charge on any atom is 0.264 e. The molecule has 0 saturated carbocycles. The molecule has 5 nitrogen and oxygen atoms in total. The van der Waals surface area contributed by atoms with Crippen LogP contribution in [0.4, 0.5) is 0 Å². The zero-order valence-corrected chi connectivity index (χ0v) is 13.3. The molecule has 1 saturated heterocycles. The molecular weight excluding hydrogens is 286 g/mol. The average molecular weight is 305 g/mol. The highest BCUT2D eigenvalue weighted by atomic mass is 32.1. The minimum absolute atomic E-state index is 0.0406. The normalized spacial score (nSPS) is 21.4. The summed E-state index contributed by atoms with van der Waals surface area (Å²) in [5.74, 6) is -0.277. The summed E-state index contributed by atoms with van der Waals surface area (Å²) in [6.45, 7) is 6.19. The van der Waals surface area contributed by atoms with E-state index >= 15 is 0 Å². The number of hydrogen-bond donors (Lipinski definition) is 1. The molecule has 112 valence electrons. The number of likely N-dealkylation sites (tertiary alicyclic amines) is 1. The molecule has 6 heteroatoms. The van der Waals surface area contributed by atoms with Crippen molar-refractivity contribution < 1.29 is 9.59 Å². The largest absolute Gasteiger partial charge is 0.352 e. The van der Waals surface area contributed by atoms with E-state index in [2.05, 4.69) is 5.32 Å². The Morgan fingerprint density at radius 2 is 2.24 bits per heavy atom. The minimum atomic E-state index is -0.807. The van der Waals surface area contributed by atoms with Gasteiger partial charge in [0.1, 0.15) is 11.6 Å². The Labute approximate surface area is 128 Å². The molecule has 0 radical (unpaired) electrons. The second-order valence-corrected chi connectivity index (χ2v) is 6.69. The summed E-state index contributed by atoms with van der Waals surface area (Å²) in [7, 11) is 0. The zero-order chi connectivity index (χ0) is 15.6. The van der Waals surface area contributed by atoms with Gasteiger partial charge in [0.15, 0.2) is 0 Å². The lowest BCUT2D eigenvalue weighted by Gasteiger charge is -2.34. The highest BCUT2D eigenvalue weighted by Gasteiger charge is 2.46. The van der Waals surface area contributed by atoms with Gasteiger partial charge in [-0.1, -0.05) is 0 Å². The quantitative estimate of drug-likeness (QED) is 0.930. The standard InChI is InChI=1S/C15H19N3O2S/c1-10(2)17-14(20)15(3)5-4-6-18(15)13(19)12-7-11(8-16)9-21-12/h7,9-10H,4-6H2,1-3H3,(H,17,20). The molecule has 2 heterocycles. The first-order valence-electron chi connectivity index (χ1n) is 7.00. The summed E-state index contributed by atoms with van der Waals surface area (Å²) in [5, 5.41) is 13.4. The molecule has 1 unspecified atom stereocenters. The fourth-order valence-electron chi connectivity index (χ4n) is 2.58. The van der Waals surface area contributed by atoms with E-state index in [1.165, 1.54) is 11.3 Å². The van der Waals surface area contributed by atoms with Crippen LogP contribution in [0.15, 0.2) is 11.4 Å². The van der Waals surface area contributed by atoms with Crippen molar-refractivity contribution >= 4 is 23.2 Å². The number of hydrogen-bond acceptors (Lipinski definition) is 4. The van der Waals surface area contributed by atoms with E-state index in [0.29, 0.717) is 23.4 Å². The maximum atomic E-state index is 12.6. The minimum Gasteiger partial charge on any atom is -0.352 e. The molecule has 1 aromatic heterocycles. The number of nitriles is 1. The topological polar surface area (TPSA) is 73.2 Å². The summed E-state index contributed by atoms with van der Waals surface area (Å²) in [5.41, 5.74) is -0.325. The van der Waals surface area contributed by atoms with Gasteiger partial charge >= 0.3 is 0 Å². The predicted molar refractivity (Wildman–Crippen MR) is 81.0 cm³/mol. The van der Waals surface area contributed by atoms with E-state index in [0.717, 1.165) is 6.42 Å². The molecule has 0 spiro atoms. The predicted octanol–water partition coefficient (Wildman–Crippen LogP) is 2.14. The van der Waals surface area contributed by atoms with E-state index in [-0.39, 0.29) is 17.9 Å². The molecule has 1 aliphatic rings. The Bertz CT molecular complexity index is 602. The van der Waals surface area contributed by atoms with E-state index in [9.17, 15) is 9.59 Å². The van der Waals surface area contributed by atoms with Gasteiger partial charge in [-0.2, -0.15) is 5.26 Å². The first-order chi connectivity index (χ1) is 9.88. The fourth-order valence-corrected chi connectivity index (χ4v) is 3.36. The molecule has 1 atom stereocenters. The Kier molecular flexibility index (Phi) is 4.33. The van der Waals surface area contributed by atoms with Crippen molar-refractivity contribution in [2.45, 2.75) is 45.2 Å². The van der Waals surface area contributed by atoms with Gasteiger partial charge < -0.3 is 10.2 Å². The summed E-state index contributed by atoms with van der Waals surface area (Å²) < 4.78 is 0. The van der Waals surface area contributed by atoms with Crippen LogP contribution in [0.5, 0.6) is 0 Å². The molecule has 21 heavy (non-hydrogen) atoms. The van der Waals surface area contributed by atoms with Crippen LogP contribution in [0, 0.1) is 11.3 Å². The number of amides is 2. The Balaban J connectivity index is 2.23. The average Bonchev–Trinajstić information content (AvgIpc) is 3.04. The van der Waals surface area contributed by atoms with Crippen molar-refractivity contribution in [1.82, 2.24) is 10.2 Å². The third kappa shape index (κ3) is 2.93. The van der Waals surface area contributed by atoms with E-state index in [1.807, 2.05) is 26.8 Å². The highest BCUT2D eigenvalue weighted by Crippen LogP contribution is 2.32. The Hall–Kier alpha value is -1.87. The molecule has 1 N–H and O–H groups in total. The lowest BCUT2D eigenvalue weighted by Crippen LogP contribution is -2.56. The first-order valence-corrected chi connectivity index (χ1v) is 7.88. The third-order valence-corrected chi connectivity index (χ3v) is 4.65. The number of rotatable bonds is 3. The van der Waals surface area contributed by atoms with Crippen LogP contribution >= 0.6 is 11.3 Å². The smallest absolute Gasteiger partial charge is 0.264 e. The molecular formula is C15H19N3O2S. The van der Waals surface area contributed by atoms with Crippen LogP contribution in [0.25, 0.3) is 0 Å². The highest BCUT2D eigenvalue weighted by molar-refractivity contribution is 7.12. The van der Waals surface area contributed by atoms with Gasteiger partial charge in [-0.25, -0.2) is 0 Å². The van der Waals surface area contributed by atoms with Crippen molar-refractivity contribution in [3.63, 3.8) is 0 Å². The van der Waals surface area contributed by atoms with Crippen LogP contribution in [-0.4, -0.2) is 34.8 Å². The number of nitrogens with zero attached hydrogens (tertiary/aromatic N) is 2. The van der Waals surface area contributed by atoms with Gasteiger partial charge in [-0.15, -0.1) is 11.3 Å². The third-order valence-electron chi connectivity index (χ3n) is 3.73.